The van der Waals surface area contributed by atoms with E-state index in [9.17, 15) is 9.59 Å². The van der Waals surface area contributed by atoms with Gasteiger partial charge < -0.3 is 9.80 Å². The van der Waals surface area contributed by atoms with Crippen LogP contribution in [0.4, 0.5) is 0 Å². The van der Waals surface area contributed by atoms with Crippen LogP contribution in [0.5, 0.6) is 0 Å². The van der Waals surface area contributed by atoms with Gasteiger partial charge in [0.2, 0.25) is 0 Å². The molecule has 0 radical (unpaired) electrons. The molecule has 2 amide bonds. The number of nitrogens with zero attached hydrogens (tertiary/aromatic N) is 4. The van der Waals surface area contributed by atoms with Gasteiger partial charge in [0.25, 0.3) is 11.8 Å². The van der Waals surface area contributed by atoms with E-state index in [4.69, 9.17) is 23.2 Å². The highest BCUT2D eigenvalue weighted by atomic mass is 35.5. The van der Waals surface area contributed by atoms with Gasteiger partial charge in [-0.1, -0.05) is 29.3 Å². The Morgan fingerprint density at radius 1 is 0.871 bits per heavy atom. The minimum atomic E-state index is -0.172. The third kappa shape index (κ3) is 4.31. The monoisotopic (exact) mass is 456 g/mol. The van der Waals surface area contributed by atoms with Gasteiger partial charge in [-0.3, -0.25) is 9.59 Å². The minimum Gasteiger partial charge on any atom is -0.335 e. The van der Waals surface area contributed by atoms with Crippen molar-refractivity contribution >= 4 is 35.0 Å². The molecule has 0 aliphatic carbocycles. The first kappa shape index (κ1) is 21.4. The van der Waals surface area contributed by atoms with Gasteiger partial charge in [-0.2, -0.15) is 5.10 Å². The van der Waals surface area contributed by atoms with Crippen LogP contribution in [0.2, 0.25) is 10.0 Å². The summed E-state index contributed by atoms with van der Waals surface area (Å²) in [5.74, 6) is -0.221. The average molecular weight is 457 g/mol. The molecule has 4 rings (SSSR count). The predicted octanol–water partition coefficient (Wildman–Crippen LogP) is 4.39. The van der Waals surface area contributed by atoms with Crippen LogP contribution in [0.25, 0.3) is 5.69 Å². The van der Waals surface area contributed by atoms with Crippen LogP contribution < -0.4 is 0 Å². The summed E-state index contributed by atoms with van der Waals surface area (Å²) in [4.78, 5) is 29.2. The van der Waals surface area contributed by atoms with Crippen molar-refractivity contribution in [3.05, 3.63) is 81.1 Å². The van der Waals surface area contributed by atoms with E-state index in [1.807, 2.05) is 48.9 Å². The Morgan fingerprint density at radius 3 is 2.06 bits per heavy atom. The van der Waals surface area contributed by atoms with Gasteiger partial charge in [-0.15, -0.1) is 0 Å². The smallest absolute Gasteiger partial charge is 0.255 e. The van der Waals surface area contributed by atoms with Gasteiger partial charge in [0.05, 0.1) is 27.0 Å². The molecule has 2 heterocycles. The van der Waals surface area contributed by atoms with Crippen molar-refractivity contribution in [3.8, 4) is 5.69 Å². The van der Waals surface area contributed by atoms with Crippen molar-refractivity contribution < 1.29 is 9.59 Å². The fourth-order valence-electron chi connectivity index (χ4n) is 3.77. The normalized spacial score (nSPS) is 14.1. The lowest BCUT2D eigenvalue weighted by Gasteiger charge is -2.35. The first-order valence-electron chi connectivity index (χ1n) is 10.0. The molecule has 1 saturated heterocycles. The number of carbonyl (C=O) groups excluding carboxylic acids is 2. The lowest BCUT2D eigenvalue weighted by molar-refractivity contribution is 0.0535. The molecule has 0 N–H and O–H groups in total. The van der Waals surface area contributed by atoms with Crippen molar-refractivity contribution in [2.45, 2.75) is 13.8 Å². The number of hydrogen-bond donors (Lipinski definition) is 0. The second kappa shape index (κ2) is 8.73. The zero-order valence-electron chi connectivity index (χ0n) is 17.3. The van der Waals surface area contributed by atoms with Gasteiger partial charge in [-0.25, -0.2) is 4.68 Å². The molecule has 6 nitrogen and oxygen atoms in total. The standard InChI is InChI=1S/C23H22Cl2N4O2/c1-15-14-16(2)29(26-15)18-8-6-17(7-9-18)22(30)27-10-12-28(13-11-27)23(31)19-4-3-5-20(24)21(19)25/h3-9,14H,10-13H2,1-2H3. The Kier molecular flexibility index (Phi) is 6.03. The summed E-state index contributed by atoms with van der Waals surface area (Å²) in [6, 6.07) is 14.5. The number of halogens is 2. The Bertz CT molecular complexity index is 1130. The van der Waals surface area contributed by atoms with E-state index in [1.54, 1.807) is 28.0 Å². The lowest BCUT2D eigenvalue weighted by Crippen LogP contribution is -2.50. The van der Waals surface area contributed by atoms with E-state index >= 15 is 0 Å². The molecular formula is C23H22Cl2N4O2. The summed E-state index contributed by atoms with van der Waals surface area (Å²) in [5.41, 5.74) is 3.90. The zero-order valence-corrected chi connectivity index (χ0v) is 18.8. The van der Waals surface area contributed by atoms with Gasteiger partial charge >= 0.3 is 0 Å². The van der Waals surface area contributed by atoms with Crippen LogP contribution >= 0.6 is 23.2 Å². The van der Waals surface area contributed by atoms with Crippen LogP contribution in [-0.2, 0) is 0 Å². The molecule has 0 atom stereocenters. The van der Waals surface area contributed by atoms with Crippen molar-refractivity contribution in [1.29, 1.82) is 0 Å². The molecule has 160 valence electrons. The number of hydrogen-bond acceptors (Lipinski definition) is 3. The van der Waals surface area contributed by atoms with Gasteiger partial charge in [0.15, 0.2) is 0 Å². The van der Waals surface area contributed by atoms with Crippen LogP contribution in [0, 0.1) is 13.8 Å². The third-order valence-corrected chi connectivity index (χ3v) is 6.22. The van der Waals surface area contributed by atoms with Crippen molar-refractivity contribution in [3.63, 3.8) is 0 Å². The molecule has 8 heteroatoms. The third-order valence-electron chi connectivity index (χ3n) is 5.40. The van der Waals surface area contributed by atoms with E-state index in [0.717, 1.165) is 17.1 Å². The summed E-state index contributed by atoms with van der Waals surface area (Å²) < 4.78 is 1.86. The molecule has 1 aliphatic heterocycles. The van der Waals surface area contributed by atoms with E-state index in [0.29, 0.717) is 42.3 Å². The van der Waals surface area contributed by atoms with Crippen LogP contribution in [0.15, 0.2) is 48.5 Å². The highest BCUT2D eigenvalue weighted by molar-refractivity contribution is 6.43. The largest absolute Gasteiger partial charge is 0.335 e. The summed E-state index contributed by atoms with van der Waals surface area (Å²) in [5, 5.41) is 5.08. The van der Waals surface area contributed by atoms with Crippen LogP contribution in [-0.4, -0.2) is 57.6 Å². The summed E-state index contributed by atoms with van der Waals surface area (Å²) in [6.07, 6.45) is 0. The maximum atomic E-state index is 12.9. The van der Waals surface area contributed by atoms with Crippen molar-refractivity contribution in [2.75, 3.05) is 26.2 Å². The first-order valence-corrected chi connectivity index (χ1v) is 10.8. The highest BCUT2D eigenvalue weighted by Crippen LogP contribution is 2.27. The average Bonchev–Trinajstić information content (AvgIpc) is 3.13. The maximum absolute atomic E-state index is 12.9. The fraction of sp³-hybridized carbons (Fsp3) is 0.261. The summed E-state index contributed by atoms with van der Waals surface area (Å²) >= 11 is 12.2. The molecule has 0 unspecified atom stereocenters. The molecule has 0 saturated carbocycles. The Labute approximate surface area is 191 Å². The number of benzene rings is 2. The molecule has 0 spiro atoms. The SMILES string of the molecule is Cc1cc(C)n(-c2ccc(C(=O)N3CCN(C(=O)c4cccc(Cl)c4Cl)CC3)cc2)n1. The molecule has 3 aromatic rings. The van der Waals surface area contributed by atoms with Crippen LogP contribution in [0.1, 0.15) is 32.1 Å². The van der Waals surface area contributed by atoms with E-state index in [-0.39, 0.29) is 16.8 Å². The first-order chi connectivity index (χ1) is 14.8. The molecule has 2 aromatic carbocycles. The van der Waals surface area contributed by atoms with E-state index < -0.39 is 0 Å². The number of amides is 2. The molecular weight excluding hydrogens is 435 g/mol. The summed E-state index contributed by atoms with van der Waals surface area (Å²) in [7, 11) is 0. The minimum absolute atomic E-state index is 0.0483. The molecule has 1 fully saturated rings. The fourth-order valence-corrected chi connectivity index (χ4v) is 4.15. The number of aromatic nitrogens is 2. The lowest BCUT2D eigenvalue weighted by atomic mass is 10.1. The molecule has 1 aliphatic rings. The Balaban J connectivity index is 1.41. The van der Waals surface area contributed by atoms with Crippen molar-refractivity contribution in [1.82, 2.24) is 19.6 Å². The number of aryl methyl sites for hydroxylation is 2. The second-order valence-electron chi connectivity index (χ2n) is 7.57. The highest BCUT2D eigenvalue weighted by Gasteiger charge is 2.27. The number of rotatable bonds is 3. The van der Waals surface area contributed by atoms with E-state index in [1.165, 1.54) is 0 Å². The summed E-state index contributed by atoms with van der Waals surface area (Å²) in [6.45, 7) is 5.75. The second-order valence-corrected chi connectivity index (χ2v) is 8.36. The van der Waals surface area contributed by atoms with E-state index in [2.05, 4.69) is 5.10 Å². The number of carbonyl (C=O) groups is 2. The molecule has 1 aromatic heterocycles. The quantitative estimate of drug-likeness (QED) is 0.586. The van der Waals surface area contributed by atoms with Gasteiger partial charge in [-0.05, 0) is 56.3 Å². The maximum Gasteiger partial charge on any atom is 0.255 e. The topological polar surface area (TPSA) is 58.4 Å². The number of piperazine rings is 1. The van der Waals surface area contributed by atoms with Gasteiger partial charge in [0.1, 0.15) is 0 Å². The Hall–Kier alpha value is -2.83. The Morgan fingerprint density at radius 2 is 1.48 bits per heavy atom. The van der Waals surface area contributed by atoms with Crippen LogP contribution in [0.3, 0.4) is 0 Å². The predicted molar refractivity (Wildman–Crippen MR) is 121 cm³/mol. The molecule has 0 bridgehead atoms. The zero-order chi connectivity index (χ0) is 22.1. The molecule has 31 heavy (non-hydrogen) atoms. The van der Waals surface area contributed by atoms with Gasteiger partial charge in [0, 0.05) is 37.4 Å². The van der Waals surface area contributed by atoms with Crippen molar-refractivity contribution in [2.24, 2.45) is 0 Å².